The lowest BCUT2D eigenvalue weighted by Gasteiger charge is -2.35. The molecule has 2 fully saturated rings. The Kier molecular flexibility index (Phi) is 6.58. The molecule has 0 unspecified atom stereocenters. The molecule has 1 N–H and O–H groups in total. The average Bonchev–Trinajstić information content (AvgIpc) is 3.27. The molecule has 0 saturated carbocycles. The van der Waals surface area contributed by atoms with Crippen LogP contribution in [-0.2, 0) is 14.3 Å². The van der Waals surface area contributed by atoms with Crippen LogP contribution < -0.4 is 10.2 Å². The molecule has 0 radical (unpaired) electrons. The highest BCUT2D eigenvalue weighted by Gasteiger charge is 2.31. The third-order valence-electron chi connectivity index (χ3n) is 5.23. The van der Waals surface area contributed by atoms with Crippen molar-refractivity contribution >= 4 is 29.3 Å². The van der Waals surface area contributed by atoms with Crippen molar-refractivity contribution in [1.82, 2.24) is 9.80 Å². The van der Waals surface area contributed by atoms with Gasteiger partial charge < -0.3 is 29.5 Å². The quantitative estimate of drug-likeness (QED) is 0.763. The molecule has 158 valence electrons. The number of carbonyl (C=O) groups excluding carboxylic acids is 3. The van der Waals surface area contributed by atoms with Gasteiger partial charge in [-0.3, -0.25) is 4.79 Å². The molecule has 29 heavy (non-hydrogen) atoms. The highest BCUT2D eigenvalue weighted by molar-refractivity contribution is 5.97. The number of rotatable bonds is 4. The fourth-order valence-electron chi connectivity index (χ4n) is 3.55. The van der Waals surface area contributed by atoms with Gasteiger partial charge in [0.2, 0.25) is 0 Å². The number of methoxy groups -OCH3 is 1. The van der Waals surface area contributed by atoms with Crippen molar-refractivity contribution in [2.45, 2.75) is 18.9 Å². The molecule has 0 aromatic heterocycles. The summed E-state index contributed by atoms with van der Waals surface area (Å²) in [4.78, 5) is 42.2. The Labute approximate surface area is 170 Å². The summed E-state index contributed by atoms with van der Waals surface area (Å²) < 4.78 is 10.2. The van der Waals surface area contributed by atoms with Crippen LogP contribution in [0, 0.1) is 0 Å². The van der Waals surface area contributed by atoms with Gasteiger partial charge in [-0.15, -0.1) is 0 Å². The van der Waals surface area contributed by atoms with Gasteiger partial charge in [-0.2, -0.15) is 0 Å². The van der Waals surface area contributed by atoms with Crippen LogP contribution in [0.4, 0.5) is 16.2 Å². The van der Waals surface area contributed by atoms with E-state index >= 15 is 0 Å². The first-order valence-corrected chi connectivity index (χ1v) is 9.76. The third kappa shape index (κ3) is 4.79. The minimum Gasteiger partial charge on any atom is -0.465 e. The number of ether oxygens (including phenoxy) is 2. The van der Waals surface area contributed by atoms with E-state index in [0.717, 1.165) is 12.8 Å². The van der Waals surface area contributed by atoms with Crippen LogP contribution in [0.1, 0.15) is 23.2 Å². The van der Waals surface area contributed by atoms with Crippen molar-refractivity contribution in [3.8, 4) is 0 Å². The van der Waals surface area contributed by atoms with E-state index in [1.54, 1.807) is 28.0 Å². The van der Waals surface area contributed by atoms with Gasteiger partial charge in [0.25, 0.3) is 5.91 Å². The van der Waals surface area contributed by atoms with Gasteiger partial charge in [0, 0.05) is 46.9 Å². The molecule has 2 aliphatic rings. The summed E-state index contributed by atoms with van der Waals surface area (Å²) in [5.41, 5.74) is 1.72. The predicted molar refractivity (Wildman–Crippen MR) is 108 cm³/mol. The van der Waals surface area contributed by atoms with Crippen LogP contribution in [0.2, 0.25) is 0 Å². The molecule has 3 rings (SSSR count). The number of piperazine rings is 1. The summed E-state index contributed by atoms with van der Waals surface area (Å²) in [6.07, 6.45) is 1.36. The first-order chi connectivity index (χ1) is 13.9. The van der Waals surface area contributed by atoms with Crippen molar-refractivity contribution in [1.29, 1.82) is 0 Å². The standard InChI is InChI=1S/C20H28N4O5/c1-22(2)16-13-14(19(26)28-3)6-7-15(16)21-20(27)24-10-8-23(9-11-24)18(25)17-5-4-12-29-17/h6-7,13,17H,4-5,8-12H2,1-3H3,(H,21,27)/t17-/m0/s1. The summed E-state index contributed by atoms with van der Waals surface area (Å²) in [6.45, 7) is 2.55. The molecule has 0 bridgehead atoms. The Morgan fingerprint density at radius 1 is 1.14 bits per heavy atom. The van der Waals surface area contributed by atoms with Gasteiger partial charge in [0.05, 0.1) is 24.0 Å². The Morgan fingerprint density at radius 3 is 2.41 bits per heavy atom. The fourth-order valence-corrected chi connectivity index (χ4v) is 3.55. The zero-order chi connectivity index (χ0) is 21.0. The Morgan fingerprint density at radius 2 is 1.83 bits per heavy atom. The van der Waals surface area contributed by atoms with Crippen molar-refractivity contribution in [3.63, 3.8) is 0 Å². The number of nitrogens with zero attached hydrogens (tertiary/aromatic N) is 3. The molecular weight excluding hydrogens is 376 g/mol. The van der Waals surface area contributed by atoms with Crippen LogP contribution in [0.5, 0.6) is 0 Å². The molecule has 9 heteroatoms. The number of benzene rings is 1. The molecule has 2 heterocycles. The smallest absolute Gasteiger partial charge is 0.337 e. The number of hydrogen-bond donors (Lipinski definition) is 1. The SMILES string of the molecule is COC(=O)c1ccc(NC(=O)N2CCN(C(=O)[C@@H]3CCCO3)CC2)c(N(C)C)c1. The zero-order valence-electron chi connectivity index (χ0n) is 17.1. The van der Waals surface area contributed by atoms with Crippen LogP contribution >= 0.6 is 0 Å². The number of carbonyl (C=O) groups is 3. The fraction of sp³-hybridized carbons (Fsp3) is 0.550. The first kappa shape index (κ1) is 20.9. The summed E-state index contributed by atoms with van der Waals surface area (Å²) in [5, 5.41) is 2.91. The van der Waals surface area contributed by atoms with Crippen molar-refractivity contribution in [3.05, 3.63) is 23.8 Å². The molecular formula is C20H28N4O5. The van der Waals surface area contributed by atoms with Crippen LogP contribution in [0.3, 0.4) is 0 Å². The maximum Gasteiger partial charge on any atom is 0.337 e. The van der Waals surface area contributed by atoms with Gasteiger partial charge in [0.1, 0.15) is 6.10 Å². The number of esters is 1. The summed E-state index contributed by atoms with van der Waals surface area (Å²) in [7, 11) is 5.00. The summed E-state index contributed by atoms with van der Waals surface area (Å²) in [6, 6.07) is 4.76. The van der Waals surface area contributed by atoms with Gasteiger partial charge in [-0.25, -0.2) is 9.59 Å². The molecule has 1 aromatic rings. The van der Waals surface area contributed by atoms with E-state index in [-0.39, 0.29) is 18.0 Å². The molecule has 3 amide bonds. The summed E-state index contributed by atoms with van der Waals surface area (Å²) in [5.74, 6) is -0.408. The van der Waals surface area contributed by atoms with Gasteiger partial charge in [-0.1, -0.05) is 0 Å². The Balaban J connectivity index is 1.60. The number of nitrogens with one attached hydrogen (secondary N) is 1. The third-order valence-corrected chi connectivity index (χ3v) is 5.23. The lowest BCUT2D eigenvalue weighted by molar-refractivity contribution is -0.142. The van der Waals surface area contributed by atoms with E-state index in [9.17, 15) is 14.4 Å². The van der Waals surface area contributed by atoms with E-state index in [0.29, 0.717) is 49.7 Å². The van der Waals surface area contributed by atoms with E-state index < -0.39 is 5.97 Å². The van der Waals surface area contributed by atoms with Gasteiger partial charge in [0.15, 0.2) is 0 Å². The van der Waals surface area contributed by atoms with Crippen molar-refractivity contribution in [2.75, 3.05) is 64.2 Å². The summed E-state index contributed by atoms with van der Waals surface area (Å²) >= 11 is 0. The molecule has 9 nitrogen and oxygen atoms in total. The molecule has 2 saturated heterocycles. The number of amides is 3. The second kappa shape index (κ2) is 9.13. The van der Waals surface area contributed by atoms with Crippen LogP contribution in [0.15, 0.2) is 18.2 Å². The van der Waals surface area contributed by atoms with Gasteiger partial charge >= 0.3 is 12.0 Å². The van der Waals surface area contributed by atoms with Gasteiger partial charge in [-0.05, 0) is 31.0 Å². The van der Waals surface area contributed by atoms with Crippen LogP contribution in [0.25, 0.3) is 0 Å². The first-order valence-electron chi connectivity index (χ1n) is 9.76. The second-order valence-corrected chi connectivity index (χ2v) is 7.36. The molecule has 2 aliphatic heterocycles. The maximum atomic E-state index is 12.7. The number of anilines is 2. The molecule has 1 aromatic carbocycles. The van der Waals surface area contributed by atoms with E-state index in [2.05, 4.69) is 5.32 Å². The van der Waals surface area contributed by atoms with E-state index in [1.165, 1.54) is 7.11 Å². The Hall–Kier alpha value is -2.81. The highest BCUT2D eigenvalue weighted by Crippen LogP contribution is 2.27. The minimum absolute atomic E-state index is 0.0239. The van der Waals surface area contributed by atoms with E-state index in [4.69, 9.17) is 9.47 Å². The topological polar surface area (TPSA) is 91.4 Å². The van der Waals surface area contributed by atoms with Crippen molar-refractivity contribution < 1.29 is 23.9 Å². The largest absolute Gasteiger partial charge is 0.465 e. The van der Waals surface area contributed by atoms with E-state index in [1.807, 2.05) is 19.0 Å². The average molecular weight is 404 g/mol. The molecule has 1 atom stereocenters. The number of urea groups is 1. The monoisotopic (exact) mass is 404 g/mol. The second-order valence-electron chi connectivity index (χ2n) is 7.36. The minimum atomic E-state index is -0.432. The lowest BCUT2D eigenvalue weighted by Crippen LogP contribution is -2.53. The highest BCUT2D eigenvalue weighted by atomic mass is 16.5. The lowest BCUT2D eigenvalue weighted by atomic mass is 10.1. The normalized spacial score (nSPS) is 19.1. The number of hydrogen-bond acceptors (Lipinski definition) is 6. The molecule has 0 spiro atoms. The predicted octanol–water partition coefficient (Wildman–Crippen LogP) is 1.39. The maximum absolute atomic E-state index is 12.7. The zero-order valence-corrected chi connectivity index (χ0v) is 17.1. The van der Waals surface area contributed by atoms with Crippen LogP contribution in [-0.4, -0.2) is 87.8 Å². The Bertz CT molecular complexity index is 768. The van der Waals surface area contributed by atoms with Crippen molar-refractivity contribution in [2.24, 2.45) is 0 Å². The molecule has 0 aliphatic carbocycles.